The standard InChI is InChI=1S/C21H27N3O3S/c1-2-24-13-7-11-19(24)16-22-21(25)18-10-6-12-20(14-18)28(26,27)23-15-17-8-4-3-5-9-17/h3-6,8-10,12,14,19,23H,2,7,11,13,15-16H2,1H3,(H,22,25). The molecule has 1 fully saturated rings. The highest BCUT2D eigenvalue weighted by atomic mass is 32.2. The summed E-state index contributed by atoms with van der Waals surface area (Å²) in [4.78, 5) is 15.0. The summed E-state index contributed by atoms with van der Waals surface area (Å²) >= 11 is 0. The second-order valence-corrected chi connectivity index (χ2v) is 8.74. The number of rotatable bonds is 8. The number of hydrogen-bond donors (Lipinski definition) is 2. The van der Waals surface area contributed by atoms with E-state index in [1.807, 2.05) is 30.3 Å². The number of sulfonamides is 1. The summed E-state index contributed by atoms with van der Waals surface area (Å²) < 4.78 is 27.7. The largest absolute Gasteiger partial charge is 0.350 e. The van der Waals surface area contributed by atoms with E-state index in [1.165, 1.54) is 12.1 Å². The van der Waals surface area contributed by atoms with Crippen molar-refractivity contribution in [2.24, 2.45) is 0 Å². The summed E-state index contributed by atoms with van der Waals surface area (Å²) in [5.41, 5.74) is 1.22. The topological polar surface area (TPSA) is 78.5 Å². The zero-order chi connectivity index (χ0) is 20.0. The quantitative estimate of drug-likeness (QED) is 0.712. The molecule has 0 saturated carbocycles. The van der Waals surface area contributed by atoms with Gasteiger partial charge in [0, 0.05) is 24.7 Å². The molecule has 0 bridgehead atoms. The molecule has 3 rings (SSSR count). The van der Waals surface area contributed by atoms with E-state index in [0.29, 0.717) is 18.2 Å². The number of hydrogen-bond acceptors (Lipinski definition) is 4. The number of nitrogens with zero attached hydrogens (tertiary/aromatic N) is 1. The SMILES string of the molecule is CCN1CCCC1CNC(=O)c1cccc(S(=O)(=O)NCc2ccccc2)c1. The lowest BCUT2D eigenvalue weighted by atomic mass is 10.2. The van der Waals surface area contributed by atoms with E-state index in [2.05, 4.69) is 21.9 Å². The van der Waals surface area contributed by atoms with Gasteiger partial charge in [-0.05, 0) is 49.7 Å². The molecule has 0 aliphatic carbocycles. The fourth-order valence-electron chi connectivity index (χ4n) is 3.52. The third kappa shape index (κ3) is 5.19. The van der Waals surface area contributed by atoms with Crippen LogP contribution < -0.4 is 10.0 Å². The van der Waals surface area contributed by atoms with Crippen LogP contribution in [-0.4, -0.2) is 44.9 Å². The Labute approximate surface area is 167 Å². The number of carbonyl (C=O) groups excluding carboxylic acids is 1. The van der Waals surface area contributed by atoms with Gasteiger partial charge in [-0.25, -0.2) is 13.1 Å². The highest BCUT2D eigenvalue weighted by Crippen LogP contribution is 2.16. The van der Waals surface area contributed by atoms with E-state index in [-0.39, 0.29) is 17.3 Å². The maximum atomic E-state index is 12.6. The number of likely N-dealkylation sites (N-methyl/N-ethyl adjacent to an activating group) is 1. The Morgan fingerprint density at radius 2 is 1.93 bits per heavy atom. The maximum absolute atomic E-state index is 12.6. The Bertz CT molecular complexity index is 900. The molecule has 1 unspecified atom stereocenters. The summed E-state index contributed by atoms with van der Waals surface area (Å²) in [6.45, 7) is 4.94. The summed E-state index contributed by atoms with van der Waals surface area (Å²) in [5, 5.41) is 2.95. The first-order valence-corrected chi connectivity index (χ1v) is 11.1. The number of nitrogens with one attached hydrogen (secondary N) is 2. The molecule has 2 aromatic carbocycles. The fourth-order valence-corrected chi connectivity index (χ4v) is 4.58. The van der Waals surface area contributed by atoms with Crippen LogP contribution in [0.25, 0.3) is 0 Å². The highest BCUT2D eigenvalue weighted by Gasteiger charge is 2.23. The summed E-state index contributed by atoms with van der Waals surface area (Å²) in [7, 11) is -3.70. The predicted octanol–water partition coefficient (Wildman–Crippen LogP) is 2.38. The smallest absolute Gasteiger partial charge is 0.251 e. The summed E-state index contributed by atoms with van der Waals surface area (Å²) in [6.07, 6.45) is 2.22. The fraction of sp³-hybridized carbons (Fsp3) is 0.381. The van der Waals surface area contributed by atoms with E-state index in [0.717, 1.165) is 31.5 Å². The van der Waals surface area contributed by atoms with E-state index in [1.54, 1.807) is 12.1 Å². The number of carbonyl (C=O) groups is 1. The van der Waals surface area contributed by atoms with Crippen molar-refractivity contribution >= 4 is 15.9 Å². The highest BCUT2D eigenvalue weighted by molar-refractivity contribution is 7.89. The van der Waals surface area contributed by atoms with Crippen molar-refractivity contribution in [2.45, 2.75) is 37.2 Å². The van der Waals surface area contributed by atoms with Crippen LogP contribution in [0, 0.1) is 0 Å². The molecule has 1 aliphatic rings. The second kappa shape index (κ2) is 9.32. The first-order valence-electron chi connectivity index (χ1n) is 9.65. The average Bonchev–Trinajstić information content (AvgIpc) is 3.19. The third-order valence-electron chi connectivity index (χ3n) is 5.12. The Hall–Kier alpha value is -2.22. The van der Waals surface area contributed by atoms with Crippen molar-refractivity contribution in [2.75, 3.05) is 19.6 Å². The molecular weight excluding hydrogens is 374 g/mol. The van der Waals surface area contributed by atoms with Gasteiger partial charge < -0.3 is 5.32 Å². The van der Waals surface area contributed by atoms with Gasteiger partial charge in [0.1, 0.15) is 0 Å². The first-order chi connectivity index (χ1) is 13.5. The molecule has 1 aliphatic heterocycles. The van der Waals surface area contributed by atoms with E-state index in [9.17, 15) is 13.2 Å². The Balaban J connectivity index is 1.63. The van der Waals surface area contributed by atoms with Gasteiger partial charge >= 0.3 is 0 Å². The van der Waals surface area contributed by atoms with Crippen LogP contribution in [0.2, 0.25) is 0 Å². The molecule has 1 saturated heterocycles. The van der Waals surface area contributed by atoms with Crippen molar-refractivity contribution in [1.82, 2.24) is 14.9 Å². The monoisotopic (exact) mass is 401 g/mol. The van der Waals surface area contributed by atoms with Gasteiger partial charge in [-0.2, -0.15) is 0 Å². The Kier molecular flexibility index (Phi) is 6.83. The molecule has 1 heterocycles. The molecule has 2 N–H and O–H groups in total. The van der Waals surface area contributed by atoms with Crippen LogP contribution in [0.1, 0.15) is 35.7 Å². The molecule has 1 atom stereocenters. The van der Waals surface area contributed by atoms with Gasteiger partial charge in [-0.3, -0.25) is 9.69 Å². The van der Waals surface area contributed by atoms with Crippen LogP contribution in [0.5, 0.6) is 0 Å². The van der Waals surface area contributed by atoms with E-state index in [4.69, 9.17) is 0 Å². The molecule has 1 amide bonds. The lowest BCUT2D eigenvalue weighted by Crippen LogP contribution is -2.40. The molecular formula is C21H27N3O3S. The minimum Gasteiger partial charge on any atom is -0.350 e. The number of amides is 1. The Morgan fingerprint density at radius 1 is 1.14 bits per heavy atom. The van der Waals surface area contributed by atoms with Crippen molar-refractivity contribution in [3.63, 3.8) is 0 Å². The van der Waals surface area contributed by atoms with Gasteiger partial charge in [-0.15, -0.1) is 0 Å². The molecule has 28 heavy (non-hydrogen) atoms. The normalized spacial score (nSPS) is 17.5. The van der Waals surface area contributed by atoms with Gasteiger partial charge in [0.15, 0.2) is 0 Å². The molecule has 150 valence electrons. The van der Waals surface area contributed by atoms with Crippen LogP contribution in [0.3, 0.4) is 0 Å². The molecule has 0 aromatic heterocycles. The van der Waals surface area contributed by atoms with Gasteiger partial charge in [0.05, 0.1) is 4.90 Å². The minimum absolute atomic E-state index is 0.0899. The lowest BCUT2D eigenvalue weighted by Gasteiger charge is -2.22. The third-order valence-corrected chi connectivity index (χ3v) is 6.52. The number of likely N-dealkylation sites (tertiary alicyclic amines) is 1. The van der Waals surface area contributed by atoms with Crippen molar-refractivity contribution in [3.05, 3.63) is 65.7 Å². The van der Waals surface area contributed by atoms with E-state index < -0.39 is 10.0 Å². The summed E-state index contributed by atoms with van der Waals surface area (Å²) in [6, 6.07) is 15.8. The van der Waals surface area contributed by atoms with Crippen LogP contribution in [0.4, 0.5) is 0 Å². The van der Waals surface area contributed by atoms with E-state index >= 15 is 0 Å². The second-order valence-electron chi connectivity index (χ2n) is 6.97. The number of benzene rings is 2. The summed E-state index contributed by atoms with van der Waals surface area (Å²) in [5.74, 6) is -0.247. The maximum Gasteiger partial charge on any atom is 0.251 e. The molecule has 6 nitrogen and oxygen atoms in total. The molecule has 7 heteroatoms. The average molecular weight is 402 g/mol. The van der Waals surface area contributed by atoms with Crippen molar-refractivity contribution < 1.29 is 13.2 Å². The zero-order valence-electron chi connectivity index (χ0n) is 16.1. The first kappa shape index (κ1) is 20.5. The minimum atomic E-state index is -3.70. The molecule has 0 spiro atoms. The zero-order valence-corrected chi connectivity index (χ0v) is 16.9. The van der Waals surface area contributed by atoms with Crippen LogP contribution in [0.15, 0.2) is 59.5 Å². The van der Waals surface area contributed by atoms with Crippen molar-refractivity contribution in [1.29, 1.82) is 0 Å². The predicted molar refractivity (Wildman–Crippen MR) is 110 cm³/mol. The Morgan fingerprint density at radius 3 is 2.68 bits per heavy atom. The van der Waals surface area contributed by atoms with Gasteiger partial charge in [-0.1, -0.05) is 43.3 Å². The van der Waals surface area contributed by atoms with Gasteiger partial charge in [0.25, 0.3) is 5.91 Å². The van der Waals surface area contributed by atoms with Crippen molar-refractivity contribution in [3.8, 4) is 0 Å². The van der Waals surface area contributed by atoms with Crippen LogP contribution in [-0.2, 0) is 16.6 Å². The molecule has 2 aromatic rings. The molecule has 0 radical (unpaired) electrons. The lowest BCUT2D eigenvalue weighted by molar-refractivity contribution is 0.0941. The van der Waals surface area contributed by atoms with Gasteiger partial charge in [0.2, 0.25) is 10.0 Å². The van der Waals surface area contributed by atoms with Crippen LogP contribution >= 0.6 is 0 Å².